The van der Waals surface area contributed by atoms with Crippen molar-refractivity contribution in [2.45, 2.75) is 45.3 Å². The summed E-state index contributed by atoms with van der Waals surface area (Å²) in [6.45, 7) is 1.37. The molecule has 0 atom stereocenters. The number of aromatic nitrogens is 2. The number of nitrogens with one attached hydrogen (secondary N) is 1. The molecular formula is C23H27N3O2. The first kappa shape index (κ1) is 18.5. The zero-order chi connectivity index (χ0) is 19.2. The Bertz CT molecular complexity index is 914. The van der Waals surface area contributed by atoms with Gasteiger partial charge < -0.3 is 14.6 Å². The minimum atomic E-state index is 0.0367. The van der Waals surface area contributed by atoms with Gasteiger partial charge in [-0.3, -0.25) is 4.79 Å². The summed E-state index contributed by atoms with van der Waals surface area (Å²) in [5, 5.41) is 3.13. The molecule has 1 fully saturated rings. The highest BCUT2D eigenvalue weighted by molar-refractivity contribution is 5.81. The van der Waals surface area contributed by atoms with Gasteiger partial charge in [-0.2, -0.15) is 0 Å². The van der Waals surface area contributed by atoms with Crippen LogP contribution < -0.4 is 10.1 Å². The van der Waals surface area contributed by atoms with E-state index in [1.54, 1.807) is 0 Å². The molecule has 0 bridgehead atoms. The van der Waals surface area contributed by atoms with Gasteiger partial charge in [-0.15, -0.1) is 0 Å². The normalized spacial score (nSPS) is 14.9. The minimum absolute atomic E-state index is 0.0367. The maximum atomic E-state index is 12.6. The third-order valence-electron chi connectivity index (χ3n) is 5.46. The van der Waals surface area contributed by atoms with E-state index in [2.05, 4.69) is 10.3 Å². The fourth-order valence-corrected chi connectivity index (χ4v) is 3.93. The van der Waals surface area contributed by atoms with Crippen molar-refractivity contribution in [2.75, 3.05) is 6.54 Å². The van der Waals surface area contributed by atoms with Crippen LogP contribution in [0.1, 0.15) is 37.9 Å². The number of carbonyl (C=O) groups excluding carboxylic acids is 1. The largest absolute Gasteiger partial charge is 0.486 e. The Morgan fingerprint density at radius 3 is 2.61 bits per heavy atom. The Labute approximate surface area is 165 Å². The molecule has 1 heterocycles. The van der Waals surface area contributed by atoms with Crippen LogP contribution in [0.15, 0.2) is 54.6 Å². The van der Waals surface area contributed by atoms with E-state index in [9.17, 15) is 4.79 Å². The first-order valence-corrected chi connectivity index (χ1v) is 10.2. The van der Waals surface area contributed by atoms with Crippen LogP contribution >= 0.6 is 0 Å². The average molecular weight is 377 g/mol. The Balaban J connectivity index is 1.45. The smallest absolute Gasteiger partial charge is 0.240 e. The number of hydrogen-bond donors (Lipinski definition) is 1. The second-order valence-corrected chi connectivity index (χ2v) is 7.51. The summed E-state index contributed by atoms with van der Waals surface area (Å²) in [6.07, 6.45) is 6.35. The number of fused-ring (bicyclic) bond motifs is 1. The quantitative estimate of drug-likeness (QED) is 0.667. The molecule has 1 saturated carbocycles. The molecule has 0 spiro atoms. The molecule has 2 aromatic carbocycles. The second kappa shape index (κ2) is 8.91. The van der Waals surface area contributed by atoms with Crippen LogP contribution in [0, 0.1) is 5.92 Å². The molecule has 1 aromatic heterocycles. The van der Waals surface area contributed by atoms with Crippen molar-refractivity contribution in [3.8, 4) is 5.75 Å². The van der Waals surface area contributed by atoms with E-state index >= 15 is 0 Å². The van der Waals surface area contributed by atoms with Gasteiger partial charge in [0.1, 0.15) is 24.7 Å². The maximum absolute atomic E-state index is 12.6. The summed E-state index contributed by atoms with van der Waals surface area (Å²) in [4.78, 5) is 17.3. The van der Waals surface area contributed by atoms with Crippen molar-refractivity contribution in [1.29, 1.82) is 0 Å². The van der Waals surface area contributed by atoms with Gasteiger partial charge in [0.05, 0.1) is 11.0 Å². The van der Waals surface area contributed by atoms with Crippen LogP contribution in [0.4, 0.5) is 0 Å². The lowest BCUT2D eigenvalue weighted by molar-refractivity contribution is -0.121. The lowest BCUT2D eigenvalue weighted by Crippen LogP contribution is -2.33. The third kappa shape index (κ3) is 4.53. The van der Waals surface area contributed by atoms with Crippen LogP contribution in [-0.2, 0) is 17.9 Å². The van der Waals surface area contributed by atoms with Crippen molar-refractivity contribution in [3.63, 3.8) is 0 Å². The molecular weight excluding hydrogens is 350 g/mol. The van der Waals surface area contributed by atoms with Crippen LogP contribution in [-0.4, -0.2) is 22.0 Å². The lowest BCUT2D eigenvalue weighted by Gasteiger charge is -2.21. The molecule has 5 heteroatoms. The first-order valence-electron chi connectivity index (χ1n) is 10.2. The molecule has 0 aliphatic heterocycles. The van der Waals surface area contributed by atoms with Gasteiger partial charge in [0.2, 0.25) is 5.91 Å². The number of benzene rings is 2. The maximum Gasteiger partial charge on any atom is 0.240 e. The number of para-hydroxylation sites is 3. The monoisotopic (exact) mass is 377 g/mol. The predicted octanol–water partition coefficient (Wildman–Crippen LogP) is 4.31. The molecule has 3 aromatic rings. The molecule has 1 amide bonds. The average Bonchev–Trinajstić information content (AvgIpc) is 3.10. The fourth-order valence-electron chi connectivity index (χ4n) is 3.93. The van der Waals surface area contributed by atoms with E-state index in [1.807, 2.05) is 59.2 Å². The van der Waals surface area contributed by atoms with Crippen LogP contribution in [0.25, 0.3) is 11.0 Å². The van der Waals surface area contributed by atoms with E-state index in [1.165, 1.54) is 32.1 Å². The zero-order valence-electron chi connectivity index (χ0n) is 16.1. The van der Waals surface area contributed by atoms with Crippen LogP contribution in [0.2, 0.25) is 0 Å². The van der Waals surface area contributed by atoms with Gasteiger partial charge in [-0.1, -0.05) is 49.6 Å². The number of nitrogens with zero attached hydrogens (tertiary/aromatic N) is 2. The minimum Gasteiger partial charge on any atom is -0.486 e. The molecule has 1 N–H and O–H groups in total. The van der Waals surface area contributed by atoms with Crippen molar-refractivity contribution in [3.05, 3.63) is 60.4 Å². The highest BCUT2D eigenvalue weighted by Crippen LogP contribution is 2.23. The molecule has 28 heavy (non-hydrogen) atoms. The molecule has 1 aliphatic rings. The van der Waals surface area contributed by atoms with E-state index in [0.717, 1.165) is 29.2 Å². The summed E-state index contributed by atoms with van der Waals surface area (Å²) in [7, 11) is 0. The summed E-state index contributed by atoms with van der Waals surface area (Å²) in [5.74, 6) is 2.22. The standard InChI is InChI=1S/C23H27N3O2/c27-23(24-15-18-9-3-1-4-10-18)16-26-21-14-8-7-13-20(21)25-22(26)17-28-19-11-5-2-6-12-19/h2,5-8,11-14,18H,1,3-4,9-10,15-17H2,(H,24,27). The number of rotatable bonds is 7. The van der Waals surface area contributed by atoms with Gasteiger partial charge >= 0.3 is 0 Å². The van der Waals surface area contributed by atoms with E-state index in [-0.39, 0.29) is 12.5 Å². The zero-order valence-corrected chi connectivity index (χ0v) is 16.1. The highest BCUT2D eigenvalue weighted by atomic mass is 16.5. The van der Waals surface area contributed by atoms with E-state index in [4.69, 9.17) is 4.74 Å². The van der Waals surface area contributed by atoms with Crippen molar-refractivity contribution < 1.29 is 9.53 Å². The number of imidazole rings is 1. The Morgan fingerprint density at radius 2 is 1.79 bits per heavy atom. The SMILES string of the molecule is O=C(Cn1c(COc2ccccc2)nc2ccccc21)NCC1CCCCC1. The first-order chi connectivity index (χ1) is 13.8. The summed E-state index contributed by atoms with van der Waals surface area (Å²) < 4.78 is 7.85. The Morgan fingerprint density at radius 1 is 1.04 bits per heavy atom. The molecule has 1 aliphatic carbocycles. The fraction of sp³-hybridized carbons (Fsp3) is 0.391. The molecule has 0 unspecified atom stereocenters. The Kier molecular flexibility index (Phi) is 5.90. The molecule has 146 valence electrons. The molecule has 0 radical (unpaired) electrons. The Hall–Kier alpha value is -2.82. The topological polar surface area (TPSA) is 56.2 Å². The van der Waals surface area contributed by atoms with Gasteiger partial charge in [0.25, 0.3) is 0 Å². The highest BCUT2D eigenvalue weighted by Gasteiger charge is 2.17. The summed E-state index contributed by atoms with van der Waals surface area (Å²) in [6, 6.07) is 17.6. The van der Waals surface area contributed by atoms with E-state index in [0.29, 0.717) is 12.5 Å². The predicted molar refractivity (Wildman–Crippen MR) is 110 cm³/mol. The van der Waals surface area contributed by atoms with Gasteiger partial charge in [0.15, 0.2) is 0 Å². The molecule has 4 rings (SSSR count). The van der Waals surface area contributed by atoms with Crippen molar-refractivity contribution >= 4 is 16.9 Å². The summed E-state index contributed by atoms with van der Waals surface area (Å²) >= 11 is 0. The van der Waals surface area contributed by atoms with E-state index < -0.39 is 0 Å². The van der Waals surface area contributed by atoms with Gasteiger partial charge in [-0.05, 0) is 43.0 Å². The number of amides is 1. The molecule has 0 saturated heterocycles. The summed E-state index contributed by atoms with van der Waals surface area (Å²) in [5.41, 5.74) is 1.84. The number of ether oxygens (including phenoxy) is 1. The van der Waals surface area contributed by atoms with Crippen molar-refractivity contribution in [2.24, 2.45) is 5.92 Å². The van der Waals surface area contributed by atoms with Gasteiger partial charge in [-0.25, -0.2) is 4.98 Å². The number of hydrogen-bond acceptors (Lipinski definition) is 3. The van der Waals surface area contributed by atoms with Gasteiger partial charge in [0, 0.05) is 6.54 Å². The van der Waals surface area contributed by atoms with Crippen LogP contribution in [0.3, 0.4) is 0 Å². The third-order valence-corrected chi connectivity index (χ3v) is 5.46. The second-order valence-electron chi connectivity index (χ2n) is 7.51. The molecule has 5 nitrogen and oxygen atoms in total. The lowest BCUT2D eigenvalue weighted by atomic mass is 9.89. The van der Waals surface area contributed by atoms with Crippen molar-refractivity contribution in [1.82, 2.24) is 14.9 Å². The number of carbonyl (C=O) groups is 1. The van der Waals surface area contributed by atoms with Crippen LogP contribution in [0.5, 0.6) is 5.75 Å².